The van der Waals surface area contributed by atoms with Crippen molar-refractivity contribution in [3.05, 3.63) is 18.5 Å². The number of nitrogens with two attached hydrogens (primary N) is 1. The fourth-order valence-corrected chi connectivity index (χ4v) is 3.75. The van der Waals surface area contributed by atoms with Gasteiger partial charge in [-0.1, -0.05) is 19.3 Å². The lowest BCUT2D eigenvalue weighted by Crippen LogP contribution is -2.57. The smallest absolute Gasteiger partial charge is 0.222 e. The van der Waals surface area contributed by atoms with Crippen molar-refractivity contribution in [3.8, 4) is 0 Å². The van der Waals surface area contributed by atoms with Crippen molar-refractivity contribution in [2.24, 2.45) is 5.41 Å². The number of fused-ring (bicyclic) bond motifs is 1. The summed E-state index contributed by atoms with van der Waals surface area (Å²) in [7, 11) is 0. The molecule has 2 fully saturated rings. The quantitative estimate of drug-likeness (QED) is 0.861. The van der Waals surface area contributed by atoms with Gasteiger partial charge in [0.15, 0.2) is 0 Å². The van der Waals surface area contributed by atoms with E-state index in [1.165, 1.54) is 32.1 Å². The molecule has 1 aliphatic carbocycles. The van der Waals surface area contributed by atoms with Crippen LogP contribution in [0.5, 0.6) is 0 Å². The number of aromatic nitrogens is 3. The number of rotatable bonds is 1. The molecular formula is C15H19N5. The summed E-state index contributed by atoms with van der Waals surface area (Å²) in [5, 5.41) is 1.06. The Morgan fingerprint density at radius 3 is 2.70 bits per heavy atom. The van der Waals surface area contributed by atoms with Gasteiger partial charge in [0.25, 0.3) is 0 Å². The second-order valence-corrected chi connectivity index (χ2v) is 6.21. The second kappa shape index (κ2) is 4.30. The van der Waals surface area contributed by atoms with Gasteiger partial charge in [-0.05, 0) is 18.9 Å². The SMILES string of the molecule is Nc1nc(N2CC3(CCCCC3)C2)c2ccncc2n1. The molecular weight excluding hydrogens is 250 g/mol. The first kappa shape index (κ1) is 11.9. The van der Waals surface area contributed by atoms with Gasteiger partial charge in [-0.15, -0.1) is 0 Å². The van der Waals surface area contributed by atoms with Crippen LogP contribution in [0.1, 0.15) is 32.1 Å². The van der Waals surface area contributed by atoms with Crippen LogP contribution in [-0.2, 0) is 0 Å². The number of nitrogens with zero attached hydrogens (tertiary/aromatic N) is 4. The minimum Gasteiger partial charge on any atom is -0.368 e. The molecule has 5 nitrogen and oxygen atoms in total. The zero-order valence-electron chi connectivity index (χ0n) is 11.5. The molecule has 0 atom stereocenters. The van der Waals surface area contributed by atoms with E-state index >= 15 is 0 Å². The van der Waals surface area contributed by atoms with Gasteiger partial charge < -0.3 is 10.6 Å². The highest BCUT2D eigenvalue weighted by atomic mass is 15.3. The standard InChI is InChI=1S/C15H19N5/c16-14-18-12-8-17-7-4-11(12)13(19-14)20-9-15(10-20)5-2-1-3-6-15/h4,7-8H,1-3,5-6,9-10H2,(H2,16,18,19). The fourth-order valence-electron chi connectivity index (χ4n) is 3.75. The number of anilines is 2. The number of nitrogen functional groups attached to an aromatic ring is 1. The molecule has 0 bridgehead atoms. The molecule has 2 aliphatic rings. The predicted octanol–water partition coefficient (Wildman–Crippen LogP) is 2.38. The first-order valence-corrected chi connectivity index (χ1v) is 7.38. The van der Waals surface area contributed by atoms with Crippen LogP contribution < -0.4 is 10.6 Å². The molecule has 1 spiro atoms. The Bertz CT molecular complexity index is 640. The molecule has 0 unspecified atom stereocenters. The highest BCUT2D eigenvalue weighted by Crippen LogP contribution is 2.46. The molecule has 5 heteroatoms. The normalized spacial score (nSPS) is 21.1. The lowest BCUT2D eigenvalue weighted by molar-refractivity contribution is 0.139. The summed E-state index contributed by atoms with van der Waals surface area (Å²) in [5.74, 6) is 1.32. The maximum absolute atomic E-state index is 5.83. The van der Waals surface area contributed by atoms with Crippen molar-refractivity contribution >= 4 is 22.7 Å². The van der Waals surface area contributed by atoms with Crippen molar-refractivity contribution in [2.75, 3.05) is 23.7 Å². The first-order valence-electron chi connectivity index (χ1n) is 7.38. The fraction of sp³-hybridized carbons (Fsp3) is 0.533. The molecule has 0 amide bonds. The Balaban J connectivity index is 1.67. The van der Waals surface area contributed by atoms with Crippen LogP contribution in [0.25, 0.3) is 10.9 Å². The third-order valence-corrected chi connectivity index (χ3v) is 4.76. The summed E-state index contributed by atoms with van der Waals surface area (Å²) < 4.78 is 0. The average Bonchev–Trinajstić information content (AvgIpc) is 2.44. The van der Waals surface area contributed by atoms with Crippen molar-refractivity contribution < 1.29 is 0 Å². The largest absolute Gasteiger partial charge is 0.368 e. The molecule has 4 rings (SSSR count). The van der Waals surface area contributed by atoms with Crippen molar-refractivity contribution in [1.29, 1.82) is 0 Å². The van der Waals surface area contributed by atoms with Crippen LogP contribution in [0.3, 0.4) is 0 Å². The summed E-state index contributed by atoms with van der Waals surface area (Å²) in [4.78, 5) is 15.2. The lowest BCUT2D eigenvalue weighted by atomic mass is 9.68. The minimum atomic E-state index is 0.338. The Hall–Kier alpha value is -1.91. The number of hydrogen-bond acceptors (Lipinski definition) is 5. The van der Waals surface area contributed by atoms with Gasteiger partial charge in [0.1, 0.15) is 5.82 Å². The molecule has 3 heterocycles. The van der Waals surface area contributed by atoms with Crippen LogP contribution in [0.15, 0.2) is 18.5 Å². The predicted molar refractivity (Wildman–Crippen MR) is 79.5 cm³/mol. The summed E-state index contributed by atoms with van der Waals surface area (Å²) >= 11 is 0. The van der Waals surface area contributed by atoms with Crippen LogP contribution >= 0.6 is 0 Å². The highest BCUT2D eigenvalue weighted by Gasteiger charge is 2.44. The third-order valence-electron chi connectivity index (χ3n) is 4.76. The molecule has 104 valence electrons. The third kappa shape index (κ3) is 1.80. The molecule has 20 heavy (non-hydrogen) atoms. The Labute approximate surface area is 118 Å². The monoisotopic (exact) mass is 269 g/mol. The van der Waals surface area contributed by atoms with Gasteiger partial charge in [0.2, 0.25) is 5.95 Å². The molecule has 2 N–H and O–H groups in total. The average molecular weight is 269 g/mol. The van der Waals surface area contributed by atoms with E-state index in [4.69, 9.17) is 5.73 Å². The lowest BCUT2D eigenvalue weighted by Gasteiger charge is -2.53. The van der Waals surface area contributed by atoms with Gasteiger partial charge in [-0.2, -0.15) is 4.98 Å². The van der Waals surface area contributed by atoms with E-state index in [1.54, 1.807) is 12.4 Å². The van der Waals surface area contributed by atoms with Crippen molar-refractivity contribution in [2.45, 2.75) is 32.1 Å². The Morgan fingerprint density at radius 2 is 1.90 bits per heavy atom. The topological polar surface area (TPSA) is 67.9 Å². The first-order chi connectivity index (χ1) is 9.76. The van der Waals surface area contributed by atoms with E-state index in [9.17, 15) is 0 Å². The Morgan fingerprint density at radius 1 is 1.10 bits per heavy atom. The zero-order chi connectivity index (χ0) is 13.6. The van der Waals surface area contributed by atoms with E-state index < -0.39 is 0 Å². The van der Waals surface area contributed by atoms with Crippen LogP contribution in [0.2, 0.25) is 0 Å². The summed E-state index contributed by atoms with van der Waals surface area (Å²) in [5.41, 5.74) is 7.21. The van der Waals surface area contributed by atoms with E-state index in [1.807, 2.05) is 6.07 Å². The molecule has 1 saturated carbocycles. The number of hydrogen-bond donors (Lipinski definition) is 1. The Kier molecular flexibility index (Phi) is 2.55. The van der Waals surface area contributed by atoms with Gasteiger partial charge in [-0.3, -0.25) is 4.98 Å². The molecule has 1 saturated heterocycles. The summed E-state index contributed by atoms with van der Waals surface area (Å²) in [6.07, 6.45) is 10.4. The zero-order valence-corrected chi connectivity index (χ0v) is 11.5. The van der Waals surface area contributed by atoms with Gasteiger partial charge >= 0.3 is 0 Å². The molecule has 0 aromatic carbocycles. The summed E-state index contributed by atoms with van der Waals surface area (Å²) in [6, 6.07) is 1.98. The maximum atomic E-state index is 5.83. The van der Waals surface area contributed by atoms with Crippen LogP contribution in [0, 0.1) is 5.41 Å². The van der Waals surface area contributed by atoms with Crippen LogP contribution in [0.4, 0.5) is 11.8 Å². The van der Waals surface area contributed by atoms with E-state index in [-0.39, 0.29) is 0 Å². The molecule has 2 aromatic rings. The highest BCUT2D eigenvalue weighted by molar-refractivity contribution is 5.90. The van der Waals surface area contributed by atoms with Gasteiger partial charge in [0.05, 0.1) is 11.7 Å². The molecule has 2 aromatic heterocycles. The van der Waals surface area contributed by atoms with Gasteiger partial charge in [-0.25, -0.2) is 4.98 Å². The van der Waals surface area contributed by atoms with E-state index in [2.05, 4.69) is 19.9 Å². The second-order valence-electron chi connectivity index (χ2n) is 6.21. The van der Waals surface area contributed by atoms with E-state index in [0.29, 0.717) is 11.4 Å². The van der Waals surface area contributed by atoms with Gasteiger partial charge in [0, 0.05) is 30.1 Å². The molecule has 0 radical (unpaired) electrons. The minimum absolute atomic E-state index is 0.338. The maximum Gasteiger partial charge on any atom is 0.222 e. The van der Waals surface area contributed by atoms with Crippen molar-refractivity contribution in [1.82, 2.24) is 15.0 Å². The number of pyridine rings is 1. The van der Waals surface area contributed by atoms with Crippen molar-refractivity contribution in [3.63, 3.8) is 0 Å². The summed E-state index contributed by atoms with van der Waals surface area (Å²) in [6.45, 7) is 2.22. The van der Waals surface area contributed by atoms with E-state index in [0.717, 1.165) is 29.8 Å². The molecule has 1 aliphatic heterocycles. The van der Waals surface area contributed by atoms with Crippen LogP contribution in [-0.4, -0.2) is 28.0 Å².